The van der Waals surface area contributed by atoms with Crippen molar-refractivity contribution in [3.8, 4) is 0 Å². The molecule has 0 radical (unpaired) electrons. The first-order valence-corrected chi connectivity index (χ1v) is 5.86. The summed E-state index contributed by atoms with van der Waals surface area (Å²) in [6, 6.07) is 10.5. The molecule has 0 saturated heterocycles. The average molecular weight is 286 g/mol. The van der Waals surface area contributed by atoms with Crippen LogP contribution in [0.25, 0.3) is 0 Å². The Morgan fingerprint density at radius 2 is 1.67 bits per heavy atom. The molecule has 7 heteroatoms. The van der Waals surface area contributed by atoms with Gasteiger partial charge in [0.2, 0.25) is 5.43 Å². The molecule has 0 saturated carbocycles. The average Bonchev–Trinajstić information content (AvgIpc) is 2.62. The van der Waals surface area contributed by atoms with E-state index in [2.05, 4.69) is 5.32 Å². The van der Waals surface area contributed by atoms with Crippen molar-refractivity contribution in [1.29, 1.82) is 0 Å². The maximum atomic E-state index is 11.8. The molecule has 0 spiro atoms. The molecular formula is C14H10N2O5. The SMILES string of the molecule is O=C(O)c1ccc(Nc2ccc([N+](=O)[O-])ccc2=O)cc1. The number of carbonyl (C=O) groups is 1. The standard InChI is InChI=1S/C14H10N2O5/c17-13-8-6-11(16(20)21)5-7-12(13)15-10-3-1-9(2-4-10)14(18)19/h1-8H,(H,15,17)(H,18,19). The zero-order chi connectivity index (χ0) is 15.4. The quantitative estimate of drug-likeness (QED) is 0.659. The summed E-state index contributed by atoms with van der Waals surface area (Å²) in [5.41, 5.74) is 0.182. The van der Waals surface area contributed by atoms with Crippen molar-refractivity contribution in [2.24, 2.45) is 0 Å². The molecule has 0 aliphatic carbocycles. The zero-order valence-electron chi connectivity index (χ0n) is 10.6. The van der Waals surface area contributed by atoms with Crippen molar-refractivity contribution in [1.82, 2.24) is 0 Å². The normalized spacial score (nSPS) is 9.90. The molecule has 0 aromatic heterocycles. The lowest BCUT2D eigenvalue weighted by molar-refractivity contribution is -0.384. The van der Waals surface area contributed by atoms with Gasteiger partial charge in [-0.15, -0.1) is 0 Å². The summed E-state index contributed by atoms with van der Waals surface area (Å²) in [6.07, 6.45) is 0. The van der Waals surface area contributed by atoms with E-state index >= 15 is 0 Å². The van der Waals surface area contributed by atoms with Crippen LogP contribution in [0.1, 0.15) is 10.4 Å². The number of nitrogens with zero attached hydrogens (tertiary/aromatic N) is 1. The maximum Gasteiger partial charge on any atom is 0.335 e. The number of carboxylic acids is 1. The molecule has 106 valence electrons. The van der Waals surface area contributed by atoms with E-state index in [0.717, 1.165) is 12.1 Å². The molecule has 2 aromatic carbocycles. The molecule has 2 aromatic rings. The molecule has 2 rings (SSSR count). The van der Waals surface area contributed by atoms with Gasteiger partial charge in [0.05, 0.1) is 16.2 Å². The fourth-order valence-electron chi connectivity index (χ4n) is 1.63. The number of hydrogen-bond donors (Lipinski definition) is 2. The Hall–Kier alpha value is -3.22. The molecular weight excluding hydrogens is 276 g/mol. The lowest BCUT2D eigenvalue weighted by Crippen LogP contribution is -2.04. The Morgan fingerprint density at radius 3 is 2.24 bits per heavy atom. The number of rotatable bonds is 4. The summed E-state index contributed by atoms with van der Waals surface area (Å²) >= 11 is 0. The van der Waals surface area contributed by atoms with Crippen molar-refractivity contribution in [3.05, 3.63) is 74.4 Å². The van der Waals surface area contributed by atoms with Crippen molar-refractivity contribution in [3.63, 3.8) is 0 Å². The summed E-state index contributed by atoms with van der Waals surface area (Å²) in [7, 11) is 0. The van der Waals surface area contributed by atoms with Gasteiger partial charge in [0.25, 0.3) is 5.69 Å². The van der Waals surface area contributed by atoms with Crippen LogP contribution in [0, 0.1) is 10.1 Å². The van der Waals surface area contributed by atoms with Crippen molar-refractivity contribution in [2.45, 2.75) is 0 Å². The predicted molar refractivity (Wildman–Crippen MR) is 76.1 cm³/mol. The predicted octanol–water partition coefficient (Wildman–Crippen LogP) is 2.40. The van der Waals surface area contributed by atoms with Crippen LogP contribution in [0.5, 0.6) is 0 Å². The minimum Gasteiger partial charge on any atom is -0.478 e. The number of nitrogens with one attached hydrogen (secondary N) is 1. The fraction of sp³-hybridized carbons (Fsp3) is 0. The van der Waals surface area contributed by atoms with Crippen LogP contribution in [-0.2, 0) is 0 Å². The molecule has 7 nitrogen and oxygen atoms in total. The third-order valence-electron chi connectivity index (χ3n) is 2.71. The van der Waals surface area contributed by atoms with Gasteiger partial charge >= 0.3 is 5.97 Å². The van der Waals surface area contributed by atoms with E-state index < -0.39 is 16.3 Å². The van der Waals surface area contributed by atoms with Crippen molar-refractivity contribution >= 4 is 23.0 Å². The second-order valence-electron chi connectivity index (χ2n) is 4.13. The maximum absolute atomic E-state index is 11.8. The van der Waals surface area contributed by atoms with E-state index in [1.165, 1.54) is 36.4 Å². The third-order valence-corrected chi connectivity index (χ3v) is 2.71. The van der Waals surface area contributed by atoms with Gasteiger partial charge in [-0.1, -0.05) is 0 Å². The zero-order valence-corrected chi connectivity index (χ0v) is 10.6. The highest BCUT2D eigenvalue weighted by atomic mass is 16.6. The van der Waals surface area contributed by atoms with Crippen LogP contribution < -0.4 is 10.7 Å². The van der Waals surface area contributed by atoms with Gasteiger partial charge < -0.3 is 10.4 Å². The van der Waals surface area contributed by atoms with Crippen molar-refractivity contribution < 1.29 is 14.8 Å². The number of hydrogen-bond acceptors (Lipinski definition) is 5. The Bertz CT molecular complexity index is 756. The molecule has 0 aliphatic rings. The molecule has 21 heavy (non-hydrogen) atoms. The van der Waals surface area contributed by atoms with Crippen LogP contribution in [0.3, 0.4) is 0 Å². The van der Waals surface area contributed by atoms with E-state index in [1.807, 2.05) is 0 Å². The summed E-state index contributed by atoms with van der Waals surface area (Å²) < 4.78 is 0. The van der Waals surface area contributed by atoms with Gasteiger partial charge in [-0.2, -0.15) is 0 Å². The number of aromatic carboxylic acids is 1. The molecule has 0 aliphatic heterocycles. The number of anilines is 2. The number of carboxylic acid groups (broad SMARTS) is 1. The summed E-state index contributed by atoms with van der Waals surface area (Å²) in [5.74, 6) is -1.05. The first kappa shape index (κ1) is 14.2. The molecule has 0 bridgehead atoms. The Kier molecular flexibility index (Phi) is 3.94. The first-order chi connectivity index (χ1) is 9.97. The monoisotopic (exact) mass is 286 g/mol. The Balaban J connectivity index is 2.31. The lowest BCUT2D eigenvalue weighted by Gasteiger charge is -2.04. The third kappa shape index (κ3) is 3.41. The molecule has 0 fully saturated rings. The van der Waals surface area contributed by atoms with Gasteiger partial charge in [0, 0.05) is 17.8 Å². The second kappa shape index (κ2) is 5.83. The minimum absolute atomic E-state index is 0.122. The molecule has 0 unspecified atom stereocenters. The number of nitro groups is 1. The van der Waals surface area contributed by atoms with Crippen LogP contribution >= 0.6 is 0 Å². The van der Waals surface area contributed by atoms with Gasteiger partial charge in [-0.3, -0.25) is 14.9 Å². The van der Waals surface area contributed by atoms with Crippen LogP contribution in [-0.4, -0.2) is 16.0 Å². The second-order valence-corrected chi connectivity index (χ2v) is 4.13. The highest BCUT2D eigenvalue weighted by Gasteiger charge is 2.06. The van der Waals surface area contributed by atoms with E-state index in [-0.39, 0.29) is 16.9 Å². The van der Waals surface area contributed by atoms with Crippen LogP contribution in [0.2, 0.25) is 0 Å². The fourth-order valence-corrected chi connectivity index (χ4v) is 1.63. The van der Waals surface area contributed by atoms with E-state index in [9.17, 15) is 19.7 Å². The summed E-state index contributed by atoms with van der Waals surface area (Å²) in [5, 5.41) is 22.2. The largest absolute Gasteiger partial charge is 0.478 e. The van der Waals surface area contributed by atoms with Gasteiger partial charge in [0.1, 0.15) is 0 Å². The van der Waals surface area contributed by atoms with E-state index in [0.29, 0.717) is 5.69 Å². The summed E-state index contributed by atoms with van der Waals surface area (Å²) in [4.78, 5) is 32.6. The lowest BCUT2D eigenvalue weighted by atomic mass is 10.2. The highest BCUT2D eigenvalue weighted by Crippen LogP contribution is 2.16. The van der Waals surface area contributed by atoms with Crippen LogP contribution in [0.4, 0.5) is 17.1 Å². The molecule has 0 atom stereocenters. The minimum atomic E-state index is -1.05. The van der Waals surface area contributed by atoms with Gasteiger partial charge in [0.15, 0.2) is 0 Å². The van der Waals surface area contributed by atoms with Gasteiger partial charge in [-0.25, -0.2) is 4.79 Å². The smallest absolute Gasteiger partial charge is 0.335 e. The van der Waals surface area contributed by atoms with Crippen molar-refractivity contribution in [2.75, 3.05) is 5.32 Å². The Labute approximate surface area is 118 Å². The highest BCUT2D eigenvalue weighted by molar-refractivity contribution is 5.88. The van der Waals surface area contributed by atoms with E-state index in [1.54, 1.807) is 0 Å². The topological polar surface area (TPSA) is 110 Å². The molecule has 0 amide bonds. The number of benzene rings is 1. The molecule has 0 heterocycles. The van der Waals surface area contributed by atoms with Crippen LogP contribution in [0.15, 0.2) is 53.3 Å². The first-order valence-electron chi connectivity index (χ1n) is 5.86. The summed E-state index contributed by atoms with van der Waals surface area (Å²) in [6.45, 7) is 0. The Morgan fingerprint density at radius 1 is 1.05 bits per heavy atom. The van der Waals surface area contributed by atoms with Gasteiger partial charge in [-0.05, 0) is 36.4 Å². The van der Waals surface area contributed by atoms with E-state index in [4.69, 9.17) is 5.11 Å². The molecule has 2 N–H and O–H groups in total.